The maximum Gasteiger partial charge on any atom is 0.318 e. The molecule has 2 N–H and O–H groups in total. The van der Waals surface area contributed by atoms with Crippen molar-refractivity contribution in [2.24, 2.45) is 11.8 Å². The van der Waals surface area contributed by atoms with Crippen LogP contribution in [0.1, 0.15) is 40.5 Å². The number of aliphatic hydroxyl groups is 1. The molecule has 7 nitrogen and oxygen atoms in total. The zero-order valence-corrected chi connectivity index (χ0v) is 17.2. The van der Waals surface area contributed by atoms with E-state index in [1.54, 1.807) is 4.90 Å². The molecular formula is C19H38N4O3. The number of hydrogen-bond donors (Lipinski definition) is 2. The summed E-state index contributed by atoms with van der Waals surface area (Å²) in [6, 6.07) is -0.765. The van der Waals surface area contributed by atoms with Crippen LogP contribution in [0.5, 0.6) is 0 Å². The molecule has 1 aliphatic heterocycles. The molecule has 0 aromatic heterocycles. The molecule has 0 aromatic carbocycles. The van der Waals surface area contributed by atoms with Gasteiger partial charge in [-0.05, 0) is 31.7 Å². The molecule has 152 valence electrons. The van der Waals surface area contributed by atoms with Crippen LogP contribution in [0.3, 0.4) is 0 Å². The van der Waals surface area contributed by atoms with Crippen LogP contribution in [0, 0.1) is 11.8 Å². The number of nitrogens with zero attached hydrogens (tertiary/aromatic N) is 3. The summed E-state index contributed by atoms with van der Waals surface area (Å²) in [4.78, 5) is 31.3. The van der Waals surface area contributed by atoms with Crippen molar-refractivity contribution in [1.82, 2.24) is 20.0 Å². The molecule has 0 bridgehead atoms. The van der Waals surface area contributed by atoms with E-state index in [-0.39, 0.29) is 25.1 Å². The van der Waals surface area contributed by atoms with Crippen LogP contribution in [-0.2, 0) is 4.79 Å². The molecule has 0 aromatic rings. The Morgan fingerprint density at radius 3 is 2.15 bits per heavy atom. The minimum absolute atomic E-state index is 0.00737. The van der Waals surface area contributed by atoms with Crippen molar-refractivity contribution < 1.29 is 14.7 Å². The van der Waals surface area contributed by atoms with Crippen LogP contribution >= 0.6 is 0 Å². The Morgan fingerprint density at radius 2 is 1.65 bits per heavy atom. The number of carbonyl (C=O) groups is 2. The third kappa shape index (κ3) is 7.91. The average molecular weight is 371 g/mol. The normalized spacial score (nSPS) is 16.8. The van der Waals surface area contributed by atoms with E-state index in [1.807, 2.05) is 4.90 Å². The van der Waals surface area contributed by atoms with Crippen molar-refractivity contribution in [2.45, 2.75) is 46.6 Å². The Balaban J connectivity index is 2.74. The number of piperazine rings is 1. The molecule has 0 aliphatic carbocycles. The number of amides is 3. The molecule has 1 unspecified atom stereocenters. The topological polar surface area (TPSA) is 76.1 Å². The van der Waals surface area contributed by atoms with Crippen LogP contribution in [-0.4, -0.2) is 90.7 Å². The lowest BCUT2D eigenvalue weighted by Crippen LogP contribution is -2.56. The third-order valence-corrected chi connectivity index (χ3v) is 4.75. The first kappa shape index (κ1) is 22.7. The van der Waals surface area contributed by atoms with Gasteiger partial charge in [0, 0.05) is 39.3 Å². The van der Waals surface area contributed by atoms with E-state index in [4.69, 9.17) is 0 Å². The second-order valence-electron chi connectivity index (χ2n) is 8.15. The van der Waals surface area contributed by atoms with E-state index in [0.29, 0.717) is 37.9 Å². The summed E-state index contributed by atoms with van der Waals surface area (Å²) >= 11 is 0. The van der Waals surface area contributed by atoms with Gasteiger partial charge in [0.05, 0.1) is 6.61 Å². The second-order valence-corrected chi connectivity index (χ2v) is 8.15. The van der Waals surface area contributed by atoms with Gasteiger partial charge < -0.3 is 25.1 Å². The molecule has 1 aliphatic rings. The lowest BCUT2D eigenvalue weighted by atomic mass is 10.0. The summed E-state index contributed by atoms with van der Waals surface area (Å²) in [6.45, 7) is 12.2. The van der Waals surface area contributed by atoms with Crippen molar-refractivity contribution in [3.8, 4) is 0 Å². The quantitative estimate of drug-likeness (QED) is 0.640. The summed E-state index contributed by atoms with van der Waals surface area (Å²) < 4.78 is 0. The maximum absolute atomic E-state index is 12.9. The molecule has 1 atom stereocenters. The highest BCUT2D eigenvalue weighted by Crippen LogP contribution is 2.11. The average Bonchev–Trinajstić information content (AvgIpc) is 2.57. The van der Waals surface area contributed by atoms with Crippen molar-refractivity contribution in [1.29, 1.82) is 0 Å². The zero-order chi connectivity index (χ0) is 19.7. The van der Waals surface area contributed by atoms with E-state index in [2.05, 4.69) is 45.0 Å². The van der Waals surface area contributed by atoms with Gasteiger partial charge in [-0.15, -0.1) is 0 Å². The summed E-state index contributed by atoms with van der Waals surface area (Å²) in [5, 5.41) is 12.2. The number of urea groups is 1. The van der Waals surface area contributed by atoms with Gasteiger partial charge in [0.25, 0.3) is 0 Å². The summed E-state index contributed by atoms with van der Waals surface area (Å²) in [5.41, 5.74) is 0. The van der Waals surface area contributed by atoms with Crippen LogP contribution in [0.25, 0.3) is 0 Å². The van der Waals surface area contributed by atoms with Gasteiger partial charge in [0.15, 0.2) is 0 Å². The lowest BCUT2D eigenvalue weighted by Gasteiger charge is -2.35. The molecule has 26 heavy (non-hydrogen) atoms. The molecule has 3 amide bonds. The molecule has 0 radical (unpaired) electrons. The fraction of sp³-hybridized carbons (Fsp3) is 0.895. The van der Waals surface area contributed by atoms with Gasteiger partial charge in [0.2, 0.25) is 5.91 Å². The monoisotopic (exact) mass is 370 g/mol. The Kier molecular flexibility index (Phi) is 9.94. The first-order valence-corrected chi connectivity index (χ1v) is 9.88. The summed E-state index contributed by atoms with van der Waals surface area (Å²) in [6.07, 6.45) is 1.49. The minimum Gasteiger partial charge on any atom is -0.395 e. The first-order valence-electron chi connectivity index (χ1n) is 9.88. The van der Waals surface area contributed by atoms with E-state index < -0.39 is 6.04 Å². The maximum atomic E-state index is 12.9. The predicted molar refractivity (Wildman–Crippen MR) is 104 cm³/mol. The first-order chi connectivity index (χ1) is 12.2. The van der Waals surface area contributed by atoms with Crippen molar-refractivity contribution in [3.05, 3.63) is 0 Å². The van der Waals surface area contributed by atoms with Gasteiger partial charge in [0.1, 0.15) is 6.04 Å². The van der Waals surface area contributed by atoms with Gasteiger partial charge >= 0.3 is 6.03 Å². The Bertz CT molecular complexity index is 435. The molecule has 1 rings (SSSR count). The molecule has 0 spiro atoms. The number of carbonyl (C=O) groups excluding carboxylic acids is 2. The number of aliphatic hydroxyl groups excluding tert-OH is 1. The van der Waals surface area contributed by atoms with E-state index in [0.717, 1.165) is 19.5 Å². The van der Waals surface area contributed by atoms with Crippen molar-refractivity contribution in [3.63, 3.8) is 0 Å². The van der Waals surface area contributed by atoms with Gasteiger partial charge in [-0.2, -0.15) is 0 Å². The highest BCUT2D eigenvalue weighted by molar-refractivity contribution is 5.87. The standard InChI is InChI=1S/C19H38N4O3/c1-15(2)6-7-23(12-13-24)19(26)20-17(14-16(3)4)18(25)22-10-8-21(5)9-11-22/h15-17,24H,6-14H2,1-5H3,(H,20,26). The van der Waals surface area contributed by atoms with Crippen molar-refractivity contribution >= 4 is 11.9 Å². The third-order valence-electron chi connectivity index (χ3n) is 4.75. The predicted octanol–water partition coefficient (Wildman–Crippen LogP) is 1.23. The number of rotatable bonds is 9. The van der Waals surface area contributed by atoms with E-state index in [1.165, 1.54) is 0 Å². The van der Waals surface area contributed by atoms with E-state index in [9.17, 15) is 14.7 Å². The SMILES string of the molecule is CC(C)CCN(CCO)C(=O)NC(CC(C)C)C(=O)N1CCN(C)CC1. The van der Waals surface area contributed by atoms with E-state index >= 15 is 0 Å². The fourth-order valence-corrected chi connectivity index (χ4v) is 3.03. The second kappa shape index (κ2) is 11.4. The highest BCUT2D eigenvalue weighted by atomic mass is 16.3. The van der Waals surface area contributed by atoms with Crippen LogP contribution in [0.15, 0.2) is 0 Å². The van der Waals surface area contributed by atoms with Gasteiger partial charge in [-0.1, -0.05) is 27.7 Å². The minimum atomic E-state index is -0.508. The molecule has 1 heterocycles. The molecule has 7 heteroatoms. The van der Waals surface area contributed by atoms with Gasteiger partial charge in [-0.3, -0.25) is 4.79 Å². The van der Waals surface area contributed by atoms with Gasteiger partial charge in [-0.25, -0.2) is 4.79 Å². The molecule has 0 saturated carbocycles. The van der Waals surface area contributed by atoms with Crippen LogP contribution < -0.4 is 5.32 Å². The Morgan fingerprint density at radius 1 is 1.04 bits per heavy atom. The smallest absolute Gasteiger partial charge is 0.318 e. The Labute approximate surface area is 158 Å². The Hall–Kier alpha value is -1.34. The fourth-order valence-electron chi connectivity index (χ4n) is 3.03. The molecular weight excluding hydrogens is 332 g/mol. The molecule has 1 fully saturated rings. The lowest BCUT2D eigenvalue weighted by molar-refractivity contribution is -0.135. The zero-order valence-electron chi connectivity index (χ0n) is 17.2. The summed E-state index contributed by atoms with van der Waals surface area (Å²) in [7, 11) is 2.05. The largest absolute Gasteiger partial charge is 0.395 e. The summed E-state index contributed by atoms with van der Waals surface area (Å²) in [5.74, 6) is 0.786. The van der Waals surface area contributed by atoms with Crippen LogP contribution in [0.4, 0.5) is 4.79 Å². The van der Waals surface area contributed by atoms with Crippen molar-refractivity contribution in [2.75, 3.05) is 52.9 Å². The number of hydrogen-bond acceptors (Lipinski definition) is 4. The molecule has 1 saturated heterocycles. The number of nitrogens with one attached hydrogen (secondary N) is 1. The van der Waals surface area contributed by atoms with Crippen LogP contribution in [0.2, 0.25) is 0 Å². The highest BCUT2D eigenvalue weighted by Gasteiger charge is 2.29. The number of likely N-dealkylation sites (N-methyl/N-ethyl adjacent to an activating group) is 1.